The number of methoxy groups -OCH3 is 1. The van der Waals surface area contributed by atoms with Gasteiger partial charge in [0.2, 0.25) is 0 Å². The summed E-state index contributed by atoms with van der Waals surface area (Å²) in [7, 11) is 1.30. The molecule has 1 unspecified atom stereocenters. The molecule has 2 N–H and O–H groups in total. The minimum atomic E-state index is -0.882. The molecule has 1 aromatic carbocycles. The summed E-state index contributed by atoms with van der Waals surface area (Å²) in [6.45, 7) is 0.629. The number of urea groups is 1. The number of carboxylic acid groups (broad SMARTS) is 1. The normalized spacial score (nSPS) is 17.4. The zero-order valence-corrected chi connectivity index (χ0v) is 11.5. The van der Waals surface area contributed by atoms with E-state index in [2.05, 4.69) is 10.1 Å². The van der Waals surface area contributed by atoms with E-state index in [0.29, 0.717) is 24.2 Å². The van der Waals surface area contributed by atoms with Crippen molar-refractivity contribution in [2.24, 2.45) is 5.92 Å². The van der Waals surface area contributed by atoms with E-state index < -0.39 is 17.9 Å². The van der Waals surface area contributed by atoms with Crippen molar-refractivity contribution >= 4 is 23.7 Å². The number of anilines is 1. The minimum absolute atomic E-state index is 0.210. The van der Waals surface area contributed by atoms with Gasteiger partial charge in [0, 0.05) is 18.8 Å². The highest BCUT2D eigenvalue weighted by Crippen LogP contribution is 2.18. The molecule has 1 aromatic rings. The largest absolute Gasteiger partial charge is 0.481 e. The number of amides is 2. The van der Waals surface area contributed by atoms with Crippen LogP contribution in [0.1, 0.15) is 16.8 Å². The van der Waals surface area contributed by atoms with Crippen molar-refractivity contribution in [1.82, 2.24) is 4.90 Å². The molecule has 1 aliphatic rings. The van der Waals surface area contributed by atoms with Crippen LogP contribution >= 0.6 is 0 Å². The molecule has 21 heavy (non-hydrogen) atoms. The van der Waals surface area contributed by atoms with Crippen LogP contribution in [0.3, 0.4) is 0 Å². The summed E-state index contributed by atoms with van der Waals surface area (Å²) < 4.78 is 4.58. The number of carbonyl (C=O) groups excluding carboxylic acids is 2. The van der Waals surface area contributed by atoms with Gasteiger partial charge >= 0.3 is 18.0 Å². The van der Waals surface area contributed by atoms with E-state index in [1.165, 1.54) is 12.0 Å². The minimum Gasteiger partial charge on any atom is -0.481 e. The number of nitrogens with one attached hydrogen (secondary N) is 1. The van der Waals surface area contributed by atoms with E-state index in [9.17, 15) is 14.4 Å². The quantitative estimate of drug-likeness (QED) is 0.821. The Morgan fingerprint density at radius 3 is 2.48 bits per heavy atom. The van der Waals surface area contributed by atoms with E-state index in [4.69, 9.17) is 5.11 Å². The van der Waals surface area contributed by atoms with Gasteiger partial charge in [0.25, 0.3) is 0 Å². The van der Waals surface area contributed by atoms with E-state index in [1.807, 2.05) is 0 Å². The van der Waals surface area contributed by atoms with Gasteiger partial charge in [-0.1, -0.05) is 0 Å². The molecule has 0 aliphatic carbocycles. The number of carboxylic acids is 1. The Morgan fingerprint density at radius 2 is 1.95 bits per heavy atom. The number of likely N-dealkylation sites (tertiary alicyclic amines) is 1. The number of hydrogen-bond acceptors (Lipinski definition) is 4. The number of aliphatic carboxylic acids is 1. The second-order valence-corrected chi connectivity index (χ2v) is 4.77. The average Bonchev–Trinajstić information content (AvgIpc) is 2.97. The van der Waals surface area contributed by atoms with Gasteiger partial charge in [0.1, 0.15) is 0 Å². The SMILES string of the molecule is COC(=O)c1ccc(NC(=O)N2CCC(C(=O)O)C2)cc1. The van der Waals surface area contributed by atoms with Crippen LogP contribution in [0.2, 0.25) is 0 Å². The van der Waals surface area contributed by atoms with Gasteiger partial charge in [-0.25, -0.2) is 9.59 Å². The van der Waals surface area contributed by atoms with E-state index >= 15 is 0 Å². The van der Waals surface area contributed by atoms with Crippen molar-refractivity contribution in [3.05, 3.63) is 29.8 Å². The van der Waals surface area contributed by atoms with Crippen molar-refractivity contribution in [2.45, 2.75) is 6.42 Å². The number of benzene rings is 1. The molecule has 7 nitrogen and oxygen atoms in total. The van der Waals surface area contributed by atoms with Crippen LogP contribution in [0.25, 0.3) is 0 Å². The van der Waals surface area contributed by atoms with Crippen LogP contribution in [0.5, 0.6) is 0 Å². The van der Waals surface area contributed by atoms with Crippen molar-refractivity contribution in [3.63, 3.8) is 0 Å². The molecule has 1 aliphatic heterocycles. The first kappa shape index (κ1) is 14.8. The van der Waals surface area contributed by atoms with Gasteiger partial charge in [0.05, 0.1) is 18.6 Å². The smallest absolute Gasteiger partial charge is 0.337 e. The summed E-state index contributed by atoms with van der Waals surface area (Å²) in [6.07, 6.45) is 0.462. The Hall–Kier alpha value is -2.57. The molecule has 0 spiro atoms. The topological polar surface area (TPSA) is 95.9 Å². The molecule has 1 atom stereocenters. The number of carbonyl (C=O) groups is 3. The highest BCUT2D eigenvalue weighted by molar-refractivity contribution is 5.92. The van der Waals surface area contributed by atoms with Crippen LogP contribution in [-0.4, -0.2) is 48.2 Å². The van der Waals surface area contributed by atoms with Crippen molar-refractivity contribution < 1.29 is 24.2 Å². The second-order valence-electron chi connectivity index (χ2n) is 4.77. The number of hydrogen-bond donors (Lipinski definition) is 2. The van der Waals surface area contributed by atoms with Gasteiger partial charge in [-0.2, -0.15) is 0 Å². The molecule has 0 bridgehead atoms. The zero-order chi connectivity index (χ0) is 15.4. The predicted octanol–water partition coefficient (Wildman–Crippen LogP) is 1.41. The standard InChI is InChI=1S/C14H16N2O5/c1-21-13(19)9-2-4-11(5-3-9)15-14(20)16-7-6-10(8-16)12(17)18/h2-5,10H,6-8H2,1H3,(H,15,20)(H,17,18). The molecule has 0 radical (unpaired) electrons. The number of rotatable bonds is 3. The first-order chi connectivity index (χ1) is 10.0. The van der Waals surface area contributed by atoms with Crippen LogP contribution in [0, 0.1) is 5.92 Å². The number of esters is 1. The first-order valence-corrected chi connectivity index (χ1v) is 6.48. The van der Waals surface area contributed by atoms with Gasteiger partial charge in [-0.15, -0.1) is 0 Å². The molecule has 2 rings (SSSR count). The molecule has 112 valence electrons. The summed E-state index contributed by atoms with van der Waals surface area (Å²) >= 11 is 0. The molecule has 2 amide bonds. The Kier molecular flexibility index (Phi) is 4.42. The Bertz CT molecular complexity index is 555. The second kappa shape index (κ2) is 6.25. The monoisotopic (exact) mass is 292 g/mol. The first-order valence-electron chi connectivity index (χ1n) is 6.48. The Labute approximate surface area is 121 Å². The van der Waals surface area contributed by atoms with Gasteiger partial charge < -0.3 is 20.1 Å². The van der Waals surface area contributed by atoms with Crippen LogP contribution in [0.15, 0.2) is 24.3 Å². The number of ether oxygens (including phenoxy) is 1. The molecular weight excluding hydrogens is 276 g/mol. The summed E-state index contributed by atoms with van der Waals surface area (Å²) in [5, 5.41) is 11.6. The van der Waals surface area contributed by atoms with Crippen LogP contribution < -0.4 is 5.32 Å². The van der Waals surface area contributed by atoms with E-state index in [1.54, 1.807) is 24.3 Å². The maximum Gasteiger partial charge on any atom is 0.337 e. The molecule has 1 heterocycles. The fraction of sp³-hybridized carbons (Fsp3) is 0.357. The lowest BCUT2D eigenvalue weighted by Crippen LogP contribution is -2.33. The van der Waals surface area contributed by atoms with Crippen LogP contribution in [0.4, 0.5) is 10.5 Å². The summed E-state index contributed by atoms with van der Waals surface area (Å²) in [5.74, 6) is -1.83. The molecule has 0 saturated carbocycles. The third-order valence-corrected chi connectivity index (χ3v) is 3.38. The predicted molar refractivity (Wildman–Crippen MR) is 74.1 cm³/mol. The van der Waals surface area contributed by atoms with E-state index in [-0.39, 0.29) is 12.6 Å². The summed E-state index contributed by atoms with van der Waals surface area (Å²) in [4.78, 5) is 35.6. The molecule has 7 heteroatoms. The lowest BCUT2D eigenvalue weighted by atomic mass is 10.1. The average molecular weight is 292 g/mol. The summed E-state index contributed by atoms with van der Waals surface area (Å²) in [6, 6.07) is 5.94. The highest BCUT2D eigenvalue weighted by atomic mass is 16.5. The summed E-state index contributed by atoms with van der Waals surface area (Å²) in [5.41, 5.74) is 0.925. The zero-order valence-electron chi connectivity index (χ0n) is 11.5. The lowest BCUT2D eigenvalue weighted by molar-refractivity contribution is -0.141. The van der Waals surface area contributed by atoms with E-state index in [0.717, 1.165) is 0 Å². The lowest BCUT2D eigenvalue weighted by Gasteiger charge is -2.16. The highest BCUT2D eigenvalue weighted by Gasteiger charge is 2.30. The molecular formula is C14H16N2O5. The van der Waals surface area contributed by atoms with Gasteiger partial charge in [-0.3, -0.25) is 4.79 Å². The van der Waals surface area contributed by atoms with Gasteiger partial charge in [-0.05, 0) is 30.7 Å². The molecule has 1 saturated heterocycles. The van der Waals surface area contributed by atoms with Crippen LogP contribution in [-0.2, 0) is 9.53 Å². The Balaban J connectivity index is 1.94. The molecule has 0 aromatic heterocycles. The molecule has 1 fully saturated rings. The third kappa shape index (κ3) is 3.50. The van der Waals surface area contributed by atoms with Crippen molar-refractivity contribution in [3.8, 4) is 0 Å². The fourth-order valence-electron chi connectivity index (χ4n) is 2.16. The maximum atomic E-state index is 12.0. The van der Waals surface area contributed by atoms with Crippen molar-refractivity contribution in [1.29, 1.82) is 0 Å². The van der Waals surface area contributed by atoms with Gasteiger partial charge in [0.15, 0.2) is 0 Å². The fourth-order valence-corrected chi connectivity index (χ4v) is 2.16. The number of nitrogens with zero attached hydrogens (tertiary/aromatic N) is 1. The third-order valence-electron chi connectivity index (χ3n) is 3.38. The maximum absolute atomic E-state index is 12.0. The van der Waals surface area contributed by atoms with Crippen molar-refractivity contribution in [2.75, 3.05) is 25.5 Å². The Morgan fingerprint density at radius 1 is 1.29 bits per heavy atom.